The first kappa shape index (κ1) is 24.3. The van der Waals surface area contributed by atoms with Crippen LogP contribution < -0.4 is 0 Å². The molecule has 5 aromatic heterocycles. The van der Waals surface area contributed by atoms with Gasteiger partial charge in [-0.2, -0.15) is 5.10 Å². The number of pyridine rings is 3. The monoisotopic (exact) mass is 541 g/mol. The molecular weight excluding hydrogens is 519 g/mol. The predicted octanol–water partition coefficient (Wildman–Crippen LogP) is 5.92. The Bertz CT molecular complexity index is 1880. The van der Waals surface area contributed by atoms with Crippen LogP contribution in [0.4, 0.5) is 13.2 Å². The molecule has 0 aliphatic carbocycles. The summed E-state index contributed by atoms with van der Waals surface area (Å²) in [6.45, 7) is 0.506. The molecule has 0 bridgehead atoms. The Balaban J connectivity index is 1.25. The molecule has 1 aliphatic rings. The lowest BCUT2D eigenvalue weighted by Gasteiger charge is -2.15. The molecule has 0 spiro atoms. The summed E-state index contributed by atoms with van der Waals surface area (Å²) in [5.41, 5.74) is 6.22. The van der Waals surface area contributed by atoms with Crippen LogP contribution in [0.3, 0.4) is 0 Å². The Morgan fingerprint density at radius 2 is 1.82 bits per heavy atom. The van der Waals surface area contributed by atoms with E-state index in [4.69, 9.17) is 0 Å². The van der Waals surface area contributed by atoms with Crippen molar-refractivity contribution < 1.29 is 18.3 Å². The number of hydrogen-bond donors (Lipinski definition) is 3. The highest BCUT2D eigenvalue weighted by Crippen LogP contribution is 2.35. The predicted molar refractivity (Wildman–Crippen MR) is 144 cm³/mol. The van der Waals surface area contributed by atoms with Crippen molar-refractivity contribution in [1.29, 1.82) is 0 Å². The van der Waals surface area contributed by atoms with Crippen LogP contribution in [-0.4, -0.2) is 59.2 Å². The summed E-state index contributed by atoms with van der Waals surface area (Å²) in [7, 11) is 0. The average Bonchev–Trinajstić information content (AvgIpc) is 3.63. The molecule has 0 amide bonds. The number of phenolic OH excluding ortho intramolecular Hbond substituents is 1. The van der Waals surface area contributed by atoms with E-state index in [0.29, 0.717) is 46.9 Å². The van der Waals surface area contributed by atoms with Crippen molar-refractivity contribution >= 4 is 22.1 Å². The van der Waals surface area contributed by atoms with Crippen LogP contribution in [0.2, 0.25) is 0 Å². The molecular formula is C29H22F3N7O. The molecule has 200 valence electrons. The van der Waals surface area contributed by atoms with Crippen LogP contribution in [0.25, 0.3) is 55.7 Å². The van der Waals surface area contributed by atoms with E-state index in [9.17, 15) is 18.3 Å². The van der Waals surface area contributed by atoms with Gasteiger partial charge >= 0.3 is 0 Å². The zero-order chi connectivity index (χ0) is 27.4. The summed E-state index contributed by atoms with van der Waals surface area (Å²) in [6.07, 6.45) is 6.62. The fourth-order valence-electron chi connectivity index (χ4n) is 5.34. The highest BCUT2D eigenvalue weighted by Gasteiger charge is 2.37. The van der Waals surface area contributed by atoms with Crippen LogP contribution in [0.5, 0.6) is 5.75 Å². The number of nitrogens with one attached hydrogen (secondary N) is 2. The van der Waals surface area contributed by atoms with Gasteiger partial charge in [0.1, 0.15) is 17.2 Å². The number of H-pyrrole nitrogens is 2. The van der Waals surface area contributed by atoms with Crippen molar-refractivity contribution in [3.8, 4) is 39.4 Å². The number of fused-ring (bicyclic) bond motifs is 2. The van der Waals surface area contributed by atoms with Gasteiger partial charge in [-0.25, -0.2) is 23.1 Å². The number of aromatic hydroxyl groups is 1. The van der Waals surface area contributed by atoms with E-state index in [2.05, 4.69) is 30.1 Å². The number of halogens is 3. The third-order valence-electron chi connectivity index (χ3n) is 7.19. The number of rotatable bonds is 5. The van der Waals surface area contributed by atoms with Crippen LogP contribution in [0, 0.1) is 5.82 Å². The van der Waals surface area contributed by atoms with E-state index in [-0.39, 0.29) is 18.7 Å². The number of alkyl halides is 2. The molecule has 0 radical (unpaired) electrons. The van der Waals surface area contributed by atoms with E-state index < -0.39 is 11.7 Å². The normalized spacial score (nSPS) is 15.4. The zero-order valence-electron chi connectivity index (χ0n) is 21.0. The lowest BCUT2D eigenvalue weighted by Crippen LogP contribution is -2.24. The van der Waals surface area contributed by atoms with E-state index in [0.717, 1.165) is 33.5 Å². The summed E-state index contributed by atoms with van der Waals surface area (Å²) >= 11 is 0. The van der Waals surface area contributed by atoms with Crippen LogP contribution >= 0.6 is 0 Å². The van der Waals surface area contributed by atoms with Crippen LogP contribution in [0.1, 0.15) is 12.0 Å². The van der Waals surface area contributed by atoms with Gasteiger partial charge in [-0.1, -0.05) is 0 Å². The van der Waals surface area contributed by atoms with Gasteiger partial charge < -0.3 is 10.1 Å². The molecule has 0 saturated carbocycles. The zero-order valence-corrected chi connectivity index (χ0v) is 21.0. The molecule has 1 aliphatic heterocycles. The van der Waals surface area contributed by atoms with Gasteiger partial charge in [0.25, 0.3) is 5.92 Å². The van der Waals surface area contributed by atoms with Gasteiger partial charge in [-0.05, 0) is 53.1 Å². The van der Waals surface area contributed by atoms with Crippen molar-refractivity contribution in [1.82, 2.24) is 35.0 Å². The summed E-state index contributed by atoms with van der Waals surface area (Å²) in [6, 6.07) is 11.5. The fourth-order valence-corrected chi connectivity index (χ4v) is 5.34. The van der Waals surface area contributed by atoms with Crippen molar-refractivity contribution in [2.24, 2.45) is 0 Å². The molecule has 0 atom stereocenters. The second-order valence-electron chi connectivity index (χ2n) is 10.1. The Morgan fingerprint density at radius 1 is 0.950 bits per heavy atom. The van der Waals surface area contributed by atoms with Gasteiger partial charge in [-0.15, -0.1) is 0 Å². The first-order valence-corrected chi connectivity index (χ1v) is 12.7. The highest BCUT2D eigenvalue weighted by atomic mass is 19.3. The summed E-state index contributed by atoms with van der Waals surface area (Å²) in [4.78, 5) is 18.3. The maximum absolute atomic E-state index is 14.0. The van der Waals surface area contributed by atoms with Crippen molar-refractivity contribution in [2.45, 2.75) is 18.9 Å². The SMILES string of the molecule is Oc1cc(F)cc(-c2ccnc3[nH]c(-c4[nH]nc5ncc(-c6cncc(CN7CCC(F)(F)C7)c6)cc45)cc23)c1. The summed E-state index contributed by atoms with van der Waals surface area (Å²) in [5, 5.41) is 18.8. The third-order valence-corrected chi connectivity index (χ3v) is 7.19. The molecule has 1 aromatic carbocycles. The quantitative estimate of drug-likeness (QED) is 0.250. The molecule has 8 nitrogen and oxygen atoms in total. The standard InChI is InChI=1S/C29H22F3N7O/c30-20-6-17(7-21(40)9-20)22-1-3-34-27-23(22)10-25(36-27)26-24-8-19(13-35-28(24)38-37-26)18-5-16(11-33-12-18)14-39-4-2-29(31,32)15-39/h1,3,5-13,40H,2,4,14-15H2,(H,34,36)(H,35,37,38). The largest absolute Gasteiger partial charge is 0.508 e. The molecule has 1 saturated heterocycles. The molecule has 6 aromatic rings. The minimum Gasteiger partial charge on any atom is -0.508 e. The fraction of sp³-hybridized carbons (Fsp3) is 0.172. The Labute approximate surface area is 225 Å². The Kier molecular flexibility index (Phi) is 5.56. The molecule has 7 rings (SSSR count). The topological polar surface area (TPSA) is 107 Å². The first-order valence-electron chi connectivity index (χ1n) is 12.7. The Hall–Kier alpha value is -4.77. The van der Waals surface area contributed by atoms with Crippen LogP contribution in [0.15, 0.2) is 67.3 Å². The lowest BCUT2D eigenvalue weighted by molar-refractivity contribution is 0.0115. The maximum atomic E-state index is 14.0. The van der Waals surface area contributed by atoms with Gasteiger partial charge in [0.05, 0.1) is 17.9 Å². The number of likely N-dealkylation sites (tertiary alicyclic amines) is 1. The number of benzene rings is 1. The van der Waals surface area contributed by atoms with Gasteiger partial charge in [0.15, 0.2) is 5.65 Å². The number of nitrogens with zero attached hydrogens (tertiary/aromatic N) is 5. The Morgan fingerprint density at radius 3 is 2.65 bits per heavy atom. The molecule has 11 heteroatoms. The minimum atomic E-state index is -2.64. The number of aromatic nitrogens is 6. The molecule has 3 N–H and O–H groups in total. The van der Waals surface area contributed by atoms with Gasteiger partial charge in [0.2, 0.25) is 0 Å². The number of aromatic amines is 2. The van der Waals surface area contributed by atoms with Gasteiger partial charge in [-0.3, -0.25) is 15.0 Å². The minimum absolute atomic E-state index is 0.126. The molecule has 0 unspecified atom stereocenters. The number of hydrogen-bond acceptors (Lipinski definition) is 6. The molecule has 40 heavy (non-hydrogen) atoms. The van der Waals surface area contributed by atoms with Crippen molar-refractivity contribution in [3.05, 3.63) is 78.6 Å². The lowest BCUT2D eigenvalue weighted by atomic mass is 10.0. The summed E-state index contributed by atoms with van der Waals surface area (Å²) in [5.74, 6) is -3.34. The second kappa shape index (κ2) is 9.16. The van der Waals surface area contributed by atoms with E-state index in [1.54, 1.807) is 35.8 Å². The number of phenols is 1. The smallest absolute Gasteiger partial charge is 0.261 e. The van der Waals surface area contributed by atoms with Crippen LogP contribution in [-0.2, 0) is 6.54 Å². The third kappa shape index (κ3) is 4.43. The highest BCUT2D eigenvalue weighted by molar-refractivity contribution is 5.99. The van der Waals surface area contributed by atoms with E-state index >= 15 is 0 Å². The summed E-state index contributed by atoms with van der Waals surface area (Å²) < 4.78 is 41.3. The first-order chi connectivity index (χ1) is 19.3. The maximum Gasteiger partial charge on any atom is 0.261 e. The average molecular weight is 542 g/mol. The van der Waals surface area contributed by atoms with Crippen molar-refractivity contribution in [3.63, 3.8) is 0 Å². The molecule has 6 heterocycles. The van der Waals surface area contributed by atoms with Gasteiger partial charge in [0, 0.05) is 72.3 Å². The van der Waals surface area contributed by atoms with E-state index in [1.165, 1.54) is 12.1 Å². The molecule has 1 fully saturated rings. The van der Waals surface area contributed by atoms with Crippen molar-refractivity contribution in [2.75, 3.05) is 13.1 Å². The second-order valence-corrected chi connectivity index (χ2v) is 10.1. The van der Waals surface area contributed by atoms with E-state index in [1.807, 2.05) is 18.2 Å².